The largest absolute Gasteiger partial charge is 0.438 e. The Labute approximate surface area is 164 Å². The van der Waals surface area contributed by atoms with E-state index in [0.717, 1.165) is 32.9 Å². The monoisotopic (exact) mass is 437 g/mol. The van der Waals surface area contributed by atoms with Crippen molar-refractivity contribution < 1.29 is 19.0 Å². The molecule has 0 aliphatic rings. The van der Waals surface area contributed by atoms with Crippen molar-refractivity contribution in [2.24, 2.45) is 0 Å². The Morgan fingerprint density at radius 2 is 2.07 bits per heavy atom. The van der Waals surface area contributed by atoms with E-state index in [0.29, 0.717) is 6.61 Å². The Morgan fingerprint density at radius 3 is 2.78 bits per heavy atom. The van der Waals surface area contributed by atoms with Gasteiger partial charge in [0.2, 0.25) is 0 Å². The molecule has 0 fully saturated rings. The third-order valence-corrected chi connectivity index (χ3v) is 4.70. The third kappa shape index (κ3) is 4.85. The van der Waals surface area contributed by atoms with Gasteiger partial charge in [0.25, 0.3) is 0 Å². The second-order valence-electron chi connectivity index (χ2n) is 5.69. The zero-order valence-corrected chi connectivity index (χ0v) is 16.6. The van der Waals surface area contributed by atoms with Crippen LogP contribution in [0.3, 0.4) is 0 Å². The van der Waals surface area contributed by atoms with Crippen molar-refractivity contribution in [2.45, 2.75) is 13.3 Å². The molecule has 2 aromatic heterocycles. The molecule has 1 aromatic carbocycles. The van der Waals surface area contributed by atoms with Crippen molar-refractivity contribution in [1.82, 2.24) is 19.8 Å². The molecule has 0 radical (unpaired) electrons. The molecule has 3 aromatic rings. The summed E-state index contributed by atoms with van der Waals surface area (Å²) in [4.78, 5) is 14.5. The van der Waals surface area contributed by atoms with Gasteiger partial charge >= 0.3 is 5.97 Å². The highest BCUT2D eigenvalue weighted by atomic mass is 79.9. The first kappa shape index (κ1) is 19.3. The standard InChI is InChI=1S/C17H20BrN5O4/c1-11-15(18)17-20-16(22-23(17)21-11)12-3-5-13(6-4-12)19-9-26-10-27-14(24)7-8-25-2/h3-6,19H,7-10H2,1-2H3,(H,20,22). The summed E-state index contributed by atoms with van der Waals surface area (Å²) in [5, 5.41) is 11.8. The molecule has 0 bridgehead atoms. The second kappa shape index (κ2) is 8.98. The van der Waals surface area contributed by atoms with E-state index in [4.69, 9.17) is 14.2 Å². The van der Waals surface area contributed by atoms with Crippen LogP contribution in [0.25, 0.3) is 17.0 Å². The summed E-state index contributed by atoms with van der Waals surface area (Å²) in [6.07, 6.45) is 0.211. The van der Waals surface area contributed by atoms with Crippen LogP contribution in [-0.2, 0) is 19.0 Å². The lowest BCUT2D eigenvalue weighted by Gasteiger charge is -2.08. The molecule has 0 saturated carbocycles. The summed E-state index contributed by atoms with van der Waals surface area (Å²) < 4.78 is 17.4. The highest BCUT2D eigenvalue weighted by Gasteiger charge is 2.12. The van der Waals surface area contributed by atoms with Gasteiger partial charge in [0, 0.05) is 18.4 Å². The lowest BCUT2D eigenvalue weighted by molar-refractivity contribution is -0.156. The smallest absolute Gasteiger partial charge is 0.310 e. The number of hydrogen-bond donors (Lipinski definition) is 2. The lowest BCUT2D eigenvalue weighted by atomic mass is 10.2. The number of H-pyrrole nitrogens is 1. The molecule has 144 valence electrons. The van der Waals surface area contributed by atoms with Gasteiger partial charge < -0.3 is 24.5 Å². The van der Waals surface area contributed by atoms with Crippen LogP contribution in [-0.4, -0.2) is 53.0 Å². The molecular formula is C17H20BrN5O4. The molecule has 3 rings (SSSR count). The number of aromatic nitrogens is 4. The first-order valence-electron chi connectivity index (χ1n) is 8.26. The SMILES string of the molecule is COCCC(=O)OCOCNc1ccc(-c2nn3nc(C)c(Br)c3[nH]2)cc1. The molecule has 0 unspecified atom stereocenters. The summed E-state index contributed by atoms with van der Waals surface area (Å²) in [5.74, 6) is 0.372. The number of methoxy groups -OCH3 is 1. The second-order valence-corrected chi connectivity index (χ2v) is 6.48. The van der Waals surface area contributed by atoms with Crippen molar-refractivity contribution in [3.63, 3.8) is 0 Å². The number of nitrogens with one attached hydrogen (secondary N) is 2. The number of hydrogen-bond acceptors (Lipinski definition) is 7. The number of halogens is 1. The van der Waals surface area contributed by atoms with Crippen LogP contribution in [0, 0.1) is 6.92 Å². The molecule has 0 aliphatic carbocycles. The average molecular weight is 438 g/mol. The molecule has 0 amide bonds. The highest BCUT2D eigenvalue weighted by molar-refractivity contribution is 9.10. The molecule has 10 heteroatoms. The number of ether oxygens (including phenoxy) is 3. The van der Waals surface area contributed by atoms with Crippen molar-refractivity contribution in [3.8, 4) is 11.4 Å². The lowest BCUT2D eigenvalue weighted by Crippen LogP contribution is -2.13. The topological polar surface area (TPSA) is 103 Å². The third-order valence-electron chi connectivity index (χ3n) is 3.75. The fourth-order valence-electron chi connectivity index (χ4n) is 2.32. The van der Waals surface area contributed by atoms with Gasteiger partial charge in [-0.25, -0.2) is 0 Å². The van der Waals surface area contributed by atoms with Crippen molar-refractivity contribution >= 4 is 33.2 Å². The van der Waals surface area contributed by atoms with Crippen molar-refractivity contribution in [2.75, 3.05) is 32.6 Å². The van der Waals surface area contributed by atoms with Crippen LogP contribution in [0.4, 0.5) is 5.69 Å². The predicted octanol–water partition coefficient (Wildman–Crippen LogP) is 2.72. The molecule has 0 saturated heterocycles. The summed E-state index contributed by atoms with van der Waals surface area (Å²) >= 11 is 3.49. The number of fused-ring (bicyclic) bond motifs is 1. The van der Waals surface area contributed by atoms with Gasteiger partial charge in [0.15, 0.2) is 18.3 Å². The van der Waals surface area contributed by atoms with Crippen LogP contribution in [0.15, 0.2) is 28.7 Å². The van der Waals surface area contributed by atoms with Gasteiger partial charge in [-0.1, -0.05) is 0 Å². The zero-order valence-electron chi connectivity index (χ0n) is 15.0. The maximum absolute atomic E-state index is 11.3. The maximum Gasteiger partial charge on any atom is 0.310 e. The number of esters is 1. The summed E-state index contributed by atoms with van der Waals surface area (Å²) in [6, 6.07) is 7.70. The first-order chi connectivity index (χ1) is 13.1. The number of aryl methyl sites for hydroxylation is 1. The number of benzene rings is 1. The summed E-state index contributed by atoms with van der Waals surface area (Å²) in [5.41, 5.74) is 3.50. The number of anilines is 1. The molecule has 2 N–H and O–H groups in total. The minimum atomic E-state index is -0.354. The Balaban J connectivity index is 1.48. The van der Waals surface area contributed by atoms with E-state index in [9.17, 15) is 4.79 Å². The first-order valence-corrected chi connectivity index (χ1v) is 9.05. The van der Waals surface area contributed by atoms with Crippen LogP contribution < -0.4 is 5.32 Å². The molecule has 2 heterocycles. The van der Waals surface area contributed by atoms with Crippen molar-refractivity contribution in [3.05, 3.63) is 34.4 Å². The minimum Gasteiger partial charge on any atom is -0.438 e. The summed E-state index contributed by atoms with van der Waals surface area (Å²) in [6.45, 7) is 2.36. The van der Waals surface area contributed by atoms with Gasteiger partial charge in [-0.3, -0.25) is 4.79 Å². The van der Waals surface area contributed by atoms with E-state index in [2.05, 4.69) is 36.4 Å². The minimum absolute atomic E-state index is 0.103. The van der Waals surface area contributed by atoms with E-state index in [1.54, 1.807) is 4.63 Å². The van der Waals surface area contributed by atoms with E-state index in [-0.39, 0.29) is 25.9 Å². The normalized spacial score (nSPS) is 11.1. The highest BCUT2D eigenvalue weighted by Crippen LogP contribution is 2.24. The number of rotatable bonds is 9. The number of carbonyl (C=O) groups is 1. The fraction of sp³-hybridized carbons (Fsp3) is 0.353. The van der Waals surface area contributed by atoms with Crippen LogP contribution >= 0.6 is 15.9 Å². The van der Waals surface area contributed by atoms with Crippen LogP contribution in [0.2, 0.25) is 0 Å². The Hall–Kier alpha value is -2.43. The number of carbonyl (C=O) groups excluding carboxylic acids is 1. The van der Waals surface area contributed by atoms with Gasteiger partial charge in [-0.05, 0) is 47.1 Å². The number of nitrogens with zero attached hydrogens (tertiary/aromatic N) is 3. The Morgan fingerprint density at radius 1 is 1.30 bits per heavy atom. The van der Waals surface area contributed by atoms with Crippen molar-refractivity contribution in [1.29, 1.82) is 0 Å². The molecule has 0 spiro atoms. The molecular weight excluding hydrogens is 418 g/mol. The van der Waals surface area contributed by atoms with Crippen LogP contribution in [0.1, 0.15) is 12.1 Å². The summed E-state index contributed by atoms with van der Waals surface area (Å²) in [7, 11) is 1.53. The Kier molecular flexibility index (Phi) is 6.43. The molecule has 0 aliphatic heterocycles. The Bertz CT molecular complexity index is 906. The van der Waals surface area contributed by atoms with Gasteiger partial charge in [0.1, 0.15) is 6.73 Å². The van der Waals surface area contributed by atoms with E-state index in [1.807, 2.05) is 31.2 Å². The van der Waals surface area contributed by atoms with Gasteiger partial charge in [-0.15, -0.1) is 9.73 Å². The quantitative estimate of drug-likeness (QED) is 0.301. The zero-order chi connectivity index (χ0) is 19.2. The fourth-order valence-corrected chi connectivity index (χ4v) is 2.66. The van der Waals surface area contributed by atoms with E-state index >= 15 is 0 Å². The van der Waals surface area contributed by atoms with Gasteiger partial charge in [0.05, 0.1) is 23.2 Å². The maximum atomic E-state index is 11.3. The van der Waals surface area contributed by atoms with E-state index < -0.39 is 0 Å². The molecule has 9 nitrogen and oxygen atoms in total. The van der Waals surface area contributed by atoms with Gasteiger partial charge in [-0.2, -0.15) is 5.10 Å². The van der Waals surface area contributed by atoms with Crippen LogP contribution in [0.5, 0.6) is 0 Å². The molecule has 27 heavy (non-hydrogen) atoms. The molecule has 0 atom stereocenters. The van der Waals surface area contributed by atoms with E-state index in [1.165, 1.54) is 7.11 Å². The predicted molar refractivity (Wildman–Crippen MR) is 102 cm³/mol. The number of aromatic amines is 1. The average Bonchev–Trinajstić information content (AvgIpc) is 3.19.